The van der Waals surface area contributed by atoms with Gasteiger partial charge in [0.05, 0.1) is 24.9 Å². The smallest absolute Gasteiger partial charge is 0.260 e. The first-order valence-electron chi connectivity index (χ1n) is 20.4. The molecule has 0 aliphatic rings. The number of aliphatic hydroxyl groups is 3. The van der Waals surface area contributed by atoms with Gasteiger partial charge in [-0.1, -0.05) is 175 Å². The van der Waals surface area contributed by atoms with Crippen molar-refractivity contribution in [1.82, 2.24) is 4.90 Å². The number of alkyl halides is 2. The molecule has 0 aromatic rings. The number of unbranched alkanes of at least 4 members (excludes halogenated alkanes) is 21. The fraction of sp³-hybridized carbons (Fsp3) is 1.00. The van der Waals surface area contributed by atoms with E-state index < -0.39 is 30.8 Å². The van der Waals surface area contributed by atoms with E-state index in [4.69, 9.17) is 0 Å². The maximum atomic E-state index is 15.2. The molecule has 0 saturated heterocycles. The van der Waals surface area contributed by atoms with Crippen LogP contribution in [-0.4, -0.2) is 64.1 Å². The van der Waals surface area contributed by atoms with Crippen molar-refractivity contribution in [1.29, 1.82) is 0 Å². The van der Waals surface area contributed by atoms with Crippen molar-refractivity contribution in [2.75, 3.05) is 19.6 Å². The van der Waals surface area contributed by atoms with Crippen LogP contribution in [0.4, 0.5) is 8.78 Å². The second-order valence-electron chi connectivity index (χ2n) is 14.7. The fourth-order valence-corrected chi connectivity index (χ4v) is 6.67. The molecule has 3 atom stereocenters. The Kier molecular flexibility index (Phi) is 33.0. The topological polar surface area (TPSA) is 63.9 Å². The van der Waals surface area contributed by atoms with Gasteiger partial charge in [0.15, 0.2) is 0 Å². The highest BCUT2D eigenvalue weighted by Gasteiger charge is 2.32. The molecule has 0 aromatic heterocycles. The summed E-state index contributed by atoms with van der Waals surface area (Å²) in [7, 11) is 0. The molecule has 6 heteroatoms. The molecule has 0 spiro atoms. The van der Waals surface area contributed by atoms with E-state index in [1.807, 2.05) is 0 Å². The van der Waals surface area contributed by atoms with Crippen LogP contribution >= 0.6 is 0 Å². The SMILES string of the molecule is CCCCCCCCCCC(O)CCCC(F)(F)CN(CC(O)CCCCCCCCCC)CC(O)CCCCCCCCCC. The molecule has 4 nitrogen and oxygen atoms in total. The highest BCUT2D eigenvalue weighted by atomic mass is 19.3. The van der Waals surface area contributed by atoms with Gasteiger partial charge in [0.2, 0.25) is 0 Å². The second-order valence-corrected chi connectivity index (χ2v) is 14.7. The normalized spacial score (nSPS) is 14.3. The van der Waals surface area contributed by atoms with E-state index in [-0.39, 0.29) is 19.5 Å². The summed E-state index contributed by atoms with van der Waals surface area (Å²) in [6, 6.07) is 0. The third kappa shape index (κ3) is 32.3. The molecule has 0 aliphatic heterocycles. The Morgan fingerprint density at radius 3 is 1.04 bits per heavy atom. The van der Waals surface area contributed by atoms with Crippen LogP contribution in [0.3, 0.4) is 0 Å². The summed E-state index contributed by atoms with van der Waals surface area (Å²) in [5.74, 6) is -2.91. The second kappa shape index (κ2) is 33.2. The zero-order valence-corrected chi connectivity index (χ0v) is 31.1. The number of hydrogen-bond acceptors (Lipinski definition) is 4. The first kappa shape index (κ1) is 45.7. The molecule has 0 aliphatic carbocycles. The summed E-state index contributed by atoms with van der Waals surface area (Å²) < 4.78 is 30.4. The first-order valence-corrected chi connectivity index (χ1v) is 20.4. The van der Waals surface area contributed by atoms with Crippen molar-refractivity contribution in [3.8, 4) is 0 Å². The highest BCUT2D eigenvalue weighted by Crippen LogP contribution is 2.25. The Labute approximate surface area is 285 Å². The number of aliphatic hydroxyl groups excluding tert-OH is 3. The number of nitrogens with zero attached hydrogens (tertiary/aromatic N) is 1. The lowest BCUT2D eigenvalue weighted by molar-refractivity contribution is -0.0588. The summed E-state index contributed by atoms with van der Waals surface area (Å²) in [5, 5.41) is 31.9. The van der Waals surface area contributed by atoms with E-state index in [0.717, 1.165) is 38.5 Å². The van der Waals surface area contributed by atoms with Crippen molar-refractivity contribution in [2.45, 2.75) is 238 Å². The van der Waals surface area contributed by atoms with Gasteiger partial charge in [-0.3, -0.25) is 4.90 Å². The molecule has 0 amide bonds. The van der Waals surface area contributed by atoms with Gasteiger partial charge in [-0.05, 0) is 32.1 Å². The lowest BCUT2D eigenvalue weighted by atomic mass is 10.0. The van der Waals surface area contributed by atoms with Crippen LogP contribution in [0.2, 0.25) is 0 Å². The quantitative estimate of drug-likeness (QED) is 0.0580. The monoisotopic (exact) mass is 662 g/mol. The Bertz CT molecular complexity index is 581. The molecule has 278 valence electrons. The van der Waals surface area contributed by atoms with Gasteiger partial charge < -0.3 is 15.3 Å². The first-order chi connectivity index (χ1) is 22.2. The molecular formula is C40H81F2NO3. The van der Waals surface area contributed by atoms with E-state index in [1.165, 1.54) is 116 Å². The Hall–Kier alpha value is -0.300. The predicted molar refractivity (Wildman–Crippen MR) is 195 cm³/mol. The number of halogens is 2. The Balaban J connectivity index is 4.58. The van der Waals surface area contributed by atoms with Gasteiger partial charge in [0.25, 0.3) is 5.92 Å². The van der Waals surface area contributed by atoms with E-state index in [0.29, 0.717) is 32.1 Å². The molecule has 0 radical (unpaired) electrons. The molecule has 3 unspecified atom stereocenters. The summed E-state index contributed by atoms with van der Waals surface area (Å²) in [6.45, 7) is 6.59. The maximum absolute atomic E-state index is 15.2. The lowest BCUT2D eigenvalue weighted by Crippen LogP contribution is -2.44. The lowest BCUT2D eigenvalue weighted by Gasteiger charge is -2.31. The van der Waals surface area contributed by atoms with E-state index in [9.17, 15) is 15.3 Å². The van der Waals surface area contributed by atoms with Crippen molar-refractivity contribution < 1.29 is 24.1 Å². The third-order valence-electron chi connectivity index (χ3n) is 9.65. The minimum atomic E-state index is -2.91. The van der Waals surface area contributed by atoms with Gasteiger partial charge in [0, 0.05) is 19.5 Å². The average molecular weight is 662 g/mol. The van der Waals surface area contributed by atoms with E-state index in [2.05, 4.69) is 20.8 Å². The maximum Gasteiger partial charge on any atom is 0.260 e. The van der Waals surface area contributed by atoms with Crippen molar-refractivity contribution in [3.05, 3.63) is 0 Å². The van der Waals surface area contributed by atoms with Crippen LogP contribution in [-0.2, 0) is 0 Å². The molecule has 0 fully saturated rings. The molecule has 0 bridgehead atoms. The summed E-state index contributed by atoms with van der Waals surface area (Å²) in [4.78, 5) is 1.61. The Morgan fingerprint density at radius 1 is 0.413 bits per heavy atom. The fourth-order valence-electron chi connectivity index (χ4n) is 6.67. The van der Waals surface area contributed by atoms with Crippen molar-refractivity contribution in [2.24, 2.45) is 0 Å². The van der Waals surface area contributed by atoms with Crippen LogP contribution in [0.1, 0.15) is 213 Å². The standard InChI is InChI=1S/C40H81F2NO3/c1-4-7-10-13-16-19-22-25-29-37(44)32-28-33-40(41,42)36-43(34-38(45)30-26-23-20-17-14-11-8-5-2)35-39(46)31-27-24-21-18-15-12-9-6-3/h37-39,44-46H,4-36H2,1-3H3. The van der Waals surface area contributed by atoms with Gasteiger partial charge in [-0.2, -0.15) is 0 Å². The van der Waals surface area contributed by atoms with Crippen LogP contribution in [0.15, 0.2) is 0 Å². The molecule has 3 N–H and O–H groups in total. The molecule has 46 heavy (non-hydrogen) atoms. The third-order valence-corrected chi connectivity index (χ3v) is 9.65. The Morgan fingerprint density at radius 2 is 0.696 bits per heavy atom. The van der Waals surface area contributed by atoms with Crippen LogP contribution < -0.4 is 0 Å². The van der Waals surface area contributed by atoms with Crippen LogP contribution in [0.5, 0.6) is 0 Å². The van der Waals surface area contributed by atoms with Crippen LogP contribution in [0, 0.1) is 0 Å². The summed E-state index contributed by atoms with van der Waals surface area (Å²) in [5.41, 5.74) is 0. The average Bonchev–Trinajstić information content (AvgIpc) is 3.00. The summed E-state index contributed by atoms with van der Waals surface area (Å²) >= 11 is 0. The zero-order valence-electron chi connectivity index (χ0n) is 31.1. The minimum absolute atomic E-state index is 0.182. The number of hydrogen-bond donors (Lipinski definition) is 3. The predicted octanol–water partition coefficient (Wildman–Crippen LogP) is 11.8. The molecule has 0 heterocycles. The molecular weight excluding hydrogens is 580 g/mol. The van der Waals surface area contributed by atoms with Gasteiger partial charge >= 0.3 is 0 Å². The van der Waals surface area contributed by atoms with Crippen LogP contribution in [0.25, 0.3) is 0 Å². The van der Waals surface area contributed by atoms with E-state index >= 15 is 8.78 Å². The zero-order chi connectivity index (χ0) is 34.1. The highest BCUT2D eigenvalue weighted by molar-refractivity contribution is 4.78. The number of rotatable bonds is 37. The molecule has 0 saturated carbocycles. The minimum Gasteiger partial charge on any atom is -0.393 e. The van der Waals surface area contributed by atoms with Gasteiger partial charge in [0.1, 0.15) is 0 Å². The van der Waals surface area contributed by atoms with Gasteiger partial charge in [-0.25, -0.2) is 8.78 Å². The van der Waals surface area contributed by atoms with Gasteiger partial charge in [-0.15, -0.1) is 0 Å². The van der Waals surface area contributed by atoms with Crippen molar-refractivity contribution in [3.63, 3.8) is 0 Å². The molecule has 0 aromatic carbocycles. The molecule has 0 rings (SSSR count). The summed E-state index contributed by atoms with van der Waals surface area (Å²) in [6.07, 6.45) is 29.2. The largest absolute Gasteiger partial charge is 0.393 e. The van der Waals surface area contributed by atoms with E-state index in [1.54, 1.807) is 4.90 Å². The van der Waals surface area contributed by atoms with Crippen molar-refractivity contribution >= 4 is 0 Å².